The van der Waals surface area contributed by atoms with E-state index in [0.717, 1.165) is 0 Å². The standard InChI is InChI=1S/C14H14N2O6S2/c15-11-8-4-7-10(12(11)16)14(24(20,21)22)13(23(17,18)19)9-5-2-1-3-6-9/h1-8H,15-16H2,(H,17,18,19)(H,20,21,22). The number of rotatable bonds is 4. The van der Waals surface area contributed by atoms with Crippen LogP contribution in [0.15, 0.2) is 48.5 Å². The fourth-order valence-corrected chi connectivity index (χ4v) is 4.36. The molecule has 24 heavy (non-hydrogen) atoms. The Bertz CT molecular complexity index is 1010. The topological polar surface area (TPSA) is 161 Å². The highest BCUT2D eigenvalue weighted by atomic mass is 32.2. The van der Waals surface area contributed by atoms with Crippen LogP contribution in [-0.2, 0) is 20.2 Å². The second kappa shape index (κ2) is 6.24. The molecule has 0 radical (unpaired) electrons. The molecule has 0 aliphatic carbocycles. The van der Waals surface area contributed by atoms with Gasteiger partial charge in [0.15, 0.2) is 0 Å². The lowest BCUT2D eigenvalue weighted by atomic mass is 10.1. The number of nitrogens with two attached hydrogens (primary N) is 2. The molecule has 8 nitrogen and oxygen atoms in total. The summed E-state index contributed by atoms with van der Waals surface area (Å²) in [7, 11) is -10.1. The van der Waals surface area contributed by atoms with Crippen LogP contribution in [0.25, 0.3) is 9.81 Å². The van der Waals surface area contributed by atoms with E-state index in [2.05, 4.69) is 0 Å². The maximum atomic E-state index is 11.9. The van der Waals surface area contributed by atoms with Crippen molar-refractivity contribution in [1.29, 1.82) is 0 Å². The molecule has 6 N–H and O–H groups in total. The first-order chi connectivity index (χ1) is 11.0. The lowest BCUT2D eigenvalue weighted by Crippen LogP contribution is -2.13. The smallest absolute Gasteiger partial charge is 0.296 e. The summed E-state index contributed by atoms with van der Waals surface area (Å²) in [5, 5.41) is 0. The minimum atomic E-state index is -5.08. The Morgan fingerprint density at radius 2 is 1.29 bits per heavy atom. The average molecular weight is 370 g/mol. The minimum Gasteiger partial charge on any atom is -0.397 e. The minimum absolute atomic E-state index is 0.0172. The molecule has 2 aromatic rings. The molecule has 0 aliphatic heterocycles. The highest BCUT2D eigenvalue weighted by Crippen LogP contribution is 2.37. The fourth-order valence-electron chi connectivity index (χ4n) is 2.15. The maximum Gasteiger partial charge on any atom is 0.296 e. The summed E-state index contributed by atoms with van der Waals surface area (Å²) in [5.74, 6) is 0. The number of benzene rings is 2. The molecule has 10 heteroatoms. The van der Waals surface area contributed by atoms with Crippen LogP contribution in [0, 0.1) is 0 Å². The van der Waals surface area contributed by atoms with Crippen molar-refractivity contribution < 1.29 is 25.9 Å². The van der Waals surface area contributed by atoms with Crippen molar-refractivity contribution in [2.24, 2.45) is 0 Å². The van der Waals surface area contributed by atoms with Gasteiger partial charge in [-0.2, -0.15) is 16.8 Å². The van der Waals surface area contributed by atoms with Crippen LogP contribution in [0.4, 0.5) is 11.4 Å². The highest BCUT2D eigenvalue weighted by molar-refractivity contribution is 8.01. The van der Waals surface area contributed by atoms with Gasteiger partial charge in [-0.3, -0.25) is 9.11 Å². The Morgan fingerprint density at radius 1 is 0.750 bits per heavy atom. The van der Waals surface area contributed by atoms with Crippen LogP contribution in [0.5, 0.6) is 0 Å². The SMILES string of the molecule is Nc1cccc(C(=C(c2ccccc2)S(=O)(=O)O)S(=O)(=O)O)c1N. The van der Waals surface area contributed by atoms with Gasteiger partial charge in [-0.15, -0.1) is 0 Å². The first kappa shape index (κ1) is 17.9. The predicted octanol–water partition coefficient (Wildman–Crippen LogP) is 1.45. The molecule has 0 fully saturated rings. The Labute approximate surface area is 138 Å². The molecule has 0 aromatic heterocycles. The first-order valence-corrected chi connectivity index (χ1v) is 9.30. The molecular weight excluding hydrogens is 356 g/mol. The third-order valence-electron chi connectivity index (χ3n) is 3.14. The number of nitrogen functional groups attached to an aromatic ring is 2. The molecule has 128 valence electrons. The molecular formula is C14H14N2O6S2. The summed E-state index contributed by atoms with van der Waals surface area (Å²) in [5.41, 5.74) is 10.6. The van der Waals surface area contributed by atoms with Crippen LogP contribution in [-0.4, -0.2) is 25.9 Å². The van der Waals surface area contributed by atoms with Crippen molar-refractivity contribution in [2.75, 3.05) is 11.5 Å². The lowest BCUT2D eigenvalue weighted by Gasteiger charge is -2.14. The second-order valence-electron chi connectivity index (χ2n) is 4.78. The summed E-state index contributed by atoms with van der Waals surface area (Å²) < 4.78 is 66.6. The Morgan fingerprint density at radius 3 is 1.79 bits per heavy atom. The van der Waals surface area contributed by atoms with Gasteiger partial charge in [-0.1, -0.05) is 42.5 Å². The van der Waals surface area contributed by atoms with Gasteiger partial charge in [0.2, 0.25) is 0 Å². The molecule has 0 saturated heterocycles. The Balaban J connectivity index is 3.07. The van der Waals surface area contributed by atoms with Crippen molar-refractivity contribution in [3.05, 3.63) is 59.7 Å². The molecule has 0 unspecified atom stereocenters. The van der Waals surface area contributed by atoms with Gasteiger partial charge in [-0.25, -0.2) is 0 Å². The van der Waals surface area contributed by atoms with Gasteiger partial charge in [0.05, 0.1) is 11.4 Å². The molecule has 2 aromatic carbocycles. The zero-order valence-corrected chi connectivity index (χ0v) is 13.8. The Kier molecular flexibility index (Phi) is 4.67. The monoisotopic (exact) mass is 370 g/mol. The van der Waals surface area contributed by atoms with E-state index in [4.69, 9.17) is 11.5 Å². The summed E-state index contributed by atoms with van der Waals surface area (Å²) in [6.45, 7) is 0. The van der Waals surface area contributed by atoms with Gasteiger partial charge in [-0.05, 0) is 11.6 Å². The molecule has 0 saturated carbocycles. The van der Waals surface area contributed by atoms with Crippen LogP contribution in [0.3, 0.4) is 0 Å². The van der Waals surface area contributed by atoms with E-state index in [1.807, 2.05) is 0 Å². The maximum absolute atomic E-state index is 11.9. The van der Waals surface area contributed by atoms with E-state index >= 15 is 0 Å². The first-order valence-electron chi connectivity index (χ1n) is 6.42. The van der Waals surface area contributed by atoms with Gasteiger partial charge >= 0.3 is 0 Å². The van der Waals surface area contributed by atoms with Crippen LogP contribution >= 0.6 is 0 Å². The van der Waals surface area contributed by atoms with Crippen molar-refractivity contribution in [3.63, 3.8) is 0 Å². The molecule has 0 atom stereocenters. The van der Waals surface area contributed by atoms with Crippen LogP contribution < -0.4 is 11.5 Å². The molecule has 0 heterocycles. The third-order valence-corrected chi connectivity index (χ3v) is 5.17. The van der Waals surface area contributed by atoms with Gasteiger partial charge < -0.3 is 11.5 Å². The summed E-state index contributed by atoms with van der Waals surface area (Å²) in [6, 6.07) is 10.8. The summed E-state index contributed by atoms with van der Waals surface area (Å²) in [6.07, 6.45) is 0. The lowest BCUT2D eigenvalue weighted by molar-refractivity contribution is 0.491. The second-order valence-corrected chi connectivity index (χ2v) is 7.50. The zero-order chi connectivity index (χ0) is 18.1. The zero-order valence-electron chi connectivity index (χ0n) is 12.1. The molecule has 2 rings (SSSR count). The average Bonchev–Trinajstić information content (AvgIpc) is 2.46. The molecule has 0 aliphatic rings. The van der Waals surface area contributed by atoms with E-state index in [-0.39, 0.29) is 22.5 Å². The fraction of sp³-hybridized carbons (Fsp3) is 0. The van der Waals surface area contributed by atoms with E-state index in [1.54, 1.807) is 6.07 Å². The largest absolute Gasteiger partial charge is 0.397 e. The van der Waals surface area contributed by atoms with Gasteiger partial charge in [0, 0.05) is 5.56 Å². The van der Waals surface area contributed by atoms with E-state index in [9.17, 15) is 25.9 Å². The summed E-state index contributed by atoms with van der Waals surface area (Å²) in [4.78, 5) is -2.05. The summed E-state index contributed by atoms with van der Waals surface area (Å²) >= 11 is 0. The quantitative estimate of drug-likeness (QED) is 0.357. The number of hydrogen-bond acceptors (Lipinski definition) is 6. The van der Waals surface area contributed by atoms with Gasteiger partial charge in [0.1, 0.15) is 9.81 Å². The van der Waals surface area contributed by atoms with Gasteiger partial charge in [0.25, 0.3) is 20.2 Å². The van der Waals surface area contributed by atoms with E-state index in [1.165, 1.54) is 42.5 Å². The number of anilines is 2. The normalized spacial score (nSPS) is 13.4. The van der Waals surface area contributed by atoms with Crippen molar-refractivity contribution in [3.8, 4) is 0 Å². The van der Waals surface area contributed by atoms with Crippen molar-refractivity contribution >= 4 is 41.4 Å². The highest BCUT2D eigenvalue weighted by Gasteiger charge is 2.31. The van der Waals surface area contributed by atoms with E-state index < -0.39 is 30.0 Å². The van der Waals surface area contributed by atoms with Crippen molar-refractivity contribution in [2.45, 2.75) is 0 Å². The predicted molar refractivity (Wildman–Crippen MR) is 91.6 cm³/mol. The Hall–Kier alpha value is -2.40. The molecule has 0 amide bonds. The number of para-hydroxylation sites is 1. The third kappa shape index (κ3) is 3.57. The van der Waals surface area contributed by atoms with E-state index in [0.29, 0.717) is 0 Å². The molecule has 0 bridgehead atoms. The van der Waals surface area contributed by atoms with Crippen LogP contribution in [0.1, 0.15) is 11.1 Å². The molecule has 0 spiro atoms. The number of hydrogen-bond donors (Lipinski definition) is 4. The van der Waals surface area contributed by atoms with Crippen molar-refractivity contribution in [1.82, 2.24) is 0 Å². The van der Waals surface area contributed by atoms with Crippen LogP contribution in [0.2, 0.25) is 0 Å².